The van der Waals surface area contributed by atoms with Crippen LogP contribution < -0.4 is 14.8 Å². The molecular formula is C10H8F4NO2. The largest absolute Gasteiger partial charge is 0.573 e. The highest BCUT2D eigenvalue weighted by atomic mass is 19.4. The van der Waals surface area contributed by atoms with Gasteiger partial charge < -0.3 is 9.47 Å². The Morgan fingerprint density at radius 2 is 1.94 bits per heavy atom. The molecule has 93 valence electrons. The molecule has 0 saturated carbocycles. The molecule has 17 heavy (non-hydrogen) atoms. The van der Waals surface area contributed by atoms with Gasteiger partial charge in [0.1, 0.15) is 11.9 Å². The van der Waals surface area contributed by atoms with Gasteiger partial charge in [-0.05, 0) is 12.1 Å². The van der Waals surface area contributed by atoms with Crippen LogP contribution in [0.25, 0.3) is 0 Å². The number of hydrogen-bond donors (Lipinski definition) is 0. The molecule has 0 bridgehead atoms. The highest BCUT2D eigenvalue weighted by Crippen LogP contribution is 2.28. The Hall–Kier alpha value is -1.50. The van der Waals surface area contributed by atoms with E-state index in [9.17, 15) is 17.6 Å². The molecule has 1 radical (unpaired) electrons. The molecule has 1 heterocycles. The molecule has 0 unspecified atom stereocenters. The Balaban J connectivity index is 2.05. The van der Waals surface area contributed by atoms with Crippen LogP contribution in [0.3, 0.4) is 0 Å². The number of ether oxygens (including phenoxy) is 2. The highest BCUT2D eigenvalue weighted by molar-refractivity contribution is 5.33. The van der Waals surface area contributed by atoms with Gasteiger partial charge in [-0.1, -0.05) is 0 Å². The summed E-state index contributed by atoms with van der Waals surface area (Å²) in [7, 11) is 0. The van der Waals surface area contributed by atoms with E-state index in [4.69, 9.17) is 4.74 Å². The summed E-state index contributed by atoms with van der Waals surface area (Å²) in [4.78, 5) is 0. The summed E-state index contributed by atoms with van der Waals surface area (Å²) in [6.07, 6.45) is -5.03. The molecule has 1 aromatic rings. The van der Waals surface area contributed by atoms with E-state index in [0.29, 0.717) is 13.1 Å². The standard InChI is InChI=1S/C10H8F4NO2/c11-8-3-6(16-7-4-15-5-7)1-2-9(8)17-10(12,13)14/h1-3,7H,4-5H2. The summed E-state index contributed by atoms with van der Waals surface area (Å²) in [6, 6.07) is 2.97. The van der Waals surface area contributed by atoms with Gasteiger partial charge >= 0.3 is 6.36 Å². The van der Waals surface area contributed by atoms with Crippen molar-refractivity contribution in [1.29, 1.82) is 0 Å². The summed E-state index contributed by atoms with van der Waals surface area (Å²) in [6.45, 7) is 1.03. The van der Waals surface area contributed by atoms with Crippen molar-refractivity contribution in [2.45, 2.75) is 12.5 Å². The molecule has 1 aliphatic heterocycles. The predicted molar refractivity (Wildman–Crippen MR) is 49.4 cm³/mol. The van der Waals surface area contributed by atoms with E-state index in [1.165, 1.54) is 6.07 Å². The molecule has 1 saturated heterocycles. The maximum atomic E-state index is 13.2. The van der Waals surface area contributed by atoms with Crippen molar-refractivity contribution in [3.8, 4) is 11.5 Å². The first-order valence-corrected chi connectivity index (χ1v) is 4.79. The monoisotopic (exact) mass is 250 g/mol. The number of rotatable bonds is 3. The van der Waals surface area contributed by atoms with Gasteiger partial charge in [-0.2, -0.15) is 0 Å². The van der Waals surface area contributed by atoms with E-state index in [0.717, 1.165) is 12.1 Å². The molecule has 1 fully saturated rings. The van der Waals surface area contributed by atoms with Crippen LogP contribution in [0.15, 0.2) is 18.2 Å². The third-order valence-electron chi connectivity index (χ3n) is 2.10. The van der Waals surface area contributed by atoms with Crippen molar-refractivity contribution in [1.82, 2.24) is 5.32 Å². The summed E-state index contributed by atoms with van der Waals surface area (Å²) < 4.78 is 57.5. The fraction of sp³-hybridized carbons (Fsp3) is 0.400. The zero-order valence-electron chi connectivity index (χ0n) is 8.50. The average Bonchev–Trinajstić information content (AvgIpc) is 2.14. The van der Waals surface area contributed by atoms with Crippen molar-refractivity contribution in [3.05, 3.63) is 24.0 Å². The minimum absolute atomic E-state index is 0.121. The first kappa shape index (κ1) is 12.0. The lowest BCUT2D eigenvalue weighted by Crippen LogP contribution is -2.45. The molecule has 0 amide bonds. The van der Waals surface area contributed by atoms with E-state index in [2.05, 4.69) is 10.1 Å². The maximum absolute atomic E-state index is 13.2. The van der Waals surface area contributed by atoms with Crippen LogP contribution in [-0.4, -0.2) is 25.6 Å². The fourth-order valence-corrected chi connectivity index (χ4v) is 1.26. The lowest BCUT2D eigenvalue weighted by Gasteiger charge is -2.26. The molecule has 2 rings (SSSR count). The lowest BCUT2D eigenvalue weighted by atomic mass is 10.2. The SMILES string of the molecule is Fc1cc(OC2C[N]C2)ccc1OC(F)(F)F. The molecule has 0 N–H and O–H groups in total. The van der Waals surface area contributed by atoms with Crippen molar-refractivity contribution in [2.75, 3.05) is 13.1 Å². The Morgan fingerprint density at radius 3 is 2.41 bits per heavy atom. The molecule has 0 atom stereocenters. The van der Waals surface area contributed by atoms with Crippen LogP contribution in [-0.2, 0) is 0 Å². The average molecular weight is 250 g/mol. The van der Waals surface area contributed by atoms with Crippen LogP contribution in [0.2, 0.25) is 0 Å². The summed E-state index contributed by atoms with van der Waals surface area (Å²) in [5.74, 6) is -1.82. The van der Waals surface area contributed by atoms with Crippen molar-refractivity contribution in [2.24, 2.45) is 0 Å². The van der Waals surface area contributed by atoms with Gasteiger partial charge in [0.2, 0.25) is 0 Å². The topological polar surface area (TPSA) is 32.6 Å². The number of benzene rings is 1. The Bertz CT molecular complexity index is 404. The van der Waals surface area contributed by atoms with E-state index in [1.54, 1.807) is 0 Å². The molecule has 1 aromatic carbocycles. The van der Waals surface area contributed by atoms with Crippen LogP contribution in [0, 0.1) is 5.82 Å². The van der Waals surface area contributed by atoms with Gasteiger partial charge in [0, 0.05) is 6.07 Å². The lowest BCUT2D eigenvalue weighted by molar-refractivity contribution is -0.275. The maximum Gasteiger partial charge on any atom is 0.573 e. The third-order valence-corrected chi connectivity index (χ3v) is 2.10. The summed E-state index contributed by atoms with van der Waals surface area (Å²) in [5.41, 5.74) is 0. The number of hydrogen-bond acceptors (Lipinski definition) is 2. The van der Waals surface area contributed by atoms with E-state index in [1.807, 2.05) is 0 Å². The second-order valence-corrected chi connectivity index (χ2v) is 3.47. The minimum atomic E-state index is -4.91. The summed E-state index contributed by atoms with van der Waals surface area (Å²) in [5, 5.41) is 3.89. The Kier molecular flexibility index (Phi) is 3.10. The Labute approximate surface area is 94.3 Å². The summed E-state index contributed by atoms with van der Waals surface area (Å²) >= 11 is 0. The van der Waals surface area contributed by atoms with E-state index >= 15 is 0 Å². The zero-order valence-corrected chi connectivity index (χ0v) is 8.50. The van der Waals surface area contributed by atoms with Crippen LogP contribution in [0.1, 0.15) is 0 Å². The molecule has 1 aliphatic rings. The van der Waals surface area contributed by atoms with Gasteiger partial charge in [-0.3, -0.25) is 0 Å². The molecule has 0 aromatic heterocycles. The van der Waals surface area contributed by atoms with Gasteiger partial charge in [0.25, 0.3) is 0 Å². The first-order chi connectivity index (χ1) is 7.94. The van der Waals surface area contributed by atoms with E-state index < -0.39 is 17.9 Å². The fourth-order valence-electron chi connectivity index (χ4n) is 1.26. The number of halogens is 4. The van der Waals surface area contributed by atoms with Gasteiger partial charge in [0.15, 0.2) is 11.6 Å². The highest BCUT2D eigenvalue weighted by Gasteiger charge is 2.32. The van der Waals surface area contributed by atoms with Crippen LogP contribution >= 0.6 is 0 Å². The minimum Gasteiger partial charge on any atom is -0.488 e. The quantitative estimate of drug-likeness (QED) is 0.769. The normalized spacial score (nSPS) is 16.5. The van der Waals surface area contributed by atoms with Crippen molar-refractivity contribution in [3.63, 3.8) is 0 Å². The second kappa shape index (κ2) is 4.40. The van der Waals surface area contributed by atoms with Crippen molar-refractivity contribution >= 4 is 0 Å². The molecule has 0 aliphatic carbocycles. The third kappa shape index (κ3) is 3.23. The van der Waals surface area contributed by atoms with E-state index in [-0.39, 0.29) is 11.9 Å². The molecular weight excluding hydrogens is 242 g/mol. The predicted octanol–water partition coefficient (Wildman–Crippen LogP) is 2.09. The second-order valence-electron chi connectivity index (χ2n) is 3.47. The first-order valence-electron chi connectivity index (χ1n) is 4.79. The number of nitrogens with zero attached hydrogens (tertiary/aromatic N) is 1. The van der Waals surface area contributed by atoms with Gasteiger partial charge in [-0.15, -0.1) is 13.2 Å². The molecule has 3 nitrogen and oxygen atoms in total. The molecule has 0 spiro atoms. The molecule has 7 heteroatoms. The zero-order chi connectivity index (χ0) is 12.5. The van der Waals surface area contributed by atoms with Crippen LogP contribution in [0.4, 0.5) is 17.6 Å². The van der Waals surface area contributed by atoms with Gasteiger partial charge in [0.05, 0.1) is 13.1 Å². The van der Waals surface area contributed by atoms with Gasteiger partial charge in [-0.25, -0.2) is 9.71 Å². The Morgan fingerprint density at radius 1 is 1.24 bits per heavy atom. The smallest absolute Gasteiger partial charge is 0.488 e. The number of alkyl halides is 3. The van der Waals surface area contributed by atoms with Crippen molar-refractivity contribution < 1.29 is 27.0 Å². The van der Waals surface area contributed by atoms with Crippen LogP contribution in [0.5, 0.6) is 11.5 Å².